The van der Waals surface area contributed by atoms with E-state index in [4.69, 9.17) is 0 Å². The van der Waals surface area contributed by atoms with Crippen LogP contribution in [0.5, 0.6) is 0 Å². The highest BCUT2D eigenvalue weighted by molar-refractivity contribution is 5.96. The molecule has 200 valence electrons. The van der Waals surface area contributed by atoms with Crippen LogP contribution >= 0.6 is 0 Å². The van der Waals surface area contributed by atoms with Crippen LogP contribution in [-0.4, -0.2) is 77.4 Å². The topological polar surface area (TPSA) is 64.2 Å². The Morgan fingerprint density at radius 3 is 2.11 bits per heavy atom. The lowest BCUT2D eigenvalue weighted by Gasteiger charge is -2.43. The molecule has 0 bridgehead atoms. The lowest BCUT2D eigenvalue weighted by atomic mass is 9.85. The first-order chi connectivity index (χ1) is 17.5. The minimum atomic E-state index is -0.694. The summed E-state index contributed by atoms with van der Waals surface area (Å²) < 4.78 is 0. The van der Waals surface area contributed by atoms with E-state index in [9.17, 15) is 14.4 Å². The summed E-state index contributed by atoms with van der Waals surface area (Å²) in [5.41, 5.74) is 0.299. The molecule has 0 radical (unpaired) electrons. The minimum absolute atomic E-state index is 0.0132. The summed E-state index contributed by atoms with van der Waals surface area (Å²) in [6.07, 6.45) is 10.2. The van der Waals surface area contributed by atoms with Crippen LogP contribution in [0.3, 0.4) is 0 Å². The van der Waals surface area contributed by atoms with Gasteiger partial charge in [0.2, 0.25) is 11.8 Å². The summed E-state index contributed by atoms with van der Waals surface area (Å²) in [6.45, 7) is 9.11. The van der Waals surface area contributed by atoms with Crippen LogP contribution in [0.1, 0.15) is 85.0 Å². The highest BCUT2D eigenvalue weighted by atomic mass is 16.2. The van der Waals surface area contributed by atoms with Crippen LogP contribution in [0.15, 0.2) is 30.3 Å². The van der Waals surface area contributed by atoms with Crippen LogP contribution < -0.4 is 4.90 Å². The van der Waals surface area contributed by atoms with E-state index in [1.165, 1.54) is 32.1 Å². The standard InChI is InChI=1S/C29H46N4O3/c1-4-7-8-9-10-11-15-18-26(34)31-21-19-29(20-22-31)28(36)32(23-27(35)30(5-2)6-3)24-33(29)25-16-13-12-14-17-25/h12-14,16-17H,4-11,15,18-24H2,1-3H3. The van der Waals surface area contributed by atoms with Crippen molar-refractivity contribution in [2.75, 3.05) is 44.3 Å². The number of nitrogens with zero attached hydrogens (tertiary/aromatic N) is 4. The van der Waals surface area contributed by atoms with Crippen molar-refractivity contribution < 1.29 is 14.4 Å². The third-order valence-corrected chi connectivity index (χ3v) is 7.96. The van der Waals surface area contributed by atoms with Gasteiger partial charge < -0.3 is 19.6 Å². The first-order valence-corrected chi connectivity index (χ1v) is 14.1. The largest absolute Gasteiger partial charge is 0.342 e. The predicted octanol–water partition coefficient (Wildman–Crippen LogP) is 4.66. The Hall–Kier alpha value is -2.57. The van der Waals surface area contributed by atoms with Crippen molar-refractivity contribution in [2.45, 2.75) is 90.5 Å². The number of anilines is 1. The lowest BCUT2D eigenvalue weighted by molar-refractivity contribution is -0.142. The second-order valence-corrected chi connectivity index (χ2v) is 10.3. The average molecular weight is 499 g/mol. The Morgan fingerprint density at radius 2 is 1.50 bits per heavy atom. The fourth-order valence-electron chi connectivity index (χ4n) is 5.68. The van der Waals surface area contributed by atoms with Gasteiger partial charge in [-0.05, 0) is 45.2 Å². The third-order valence-electron chi connectivity index (χ3n) is 7.96. The molecule has 36 heavy (non-hydrogen) atoms. The van der Waals surface area contributed by atoms with Crippen LogP contribution in [0, 0.1) is 0 Å². The van der Waals surface area contributed by atoms with E-state index in [1.807, 2.05) is 49.1 Å². The highest BCUT2D eigenvalue weighted by Gasteiger charge is 2.54. The average Bonchev–Trinajstić information content (AvgIpc) is 3.15. The molecule has 1 spiro atoms. The maximum atomic E-state index is 13.8. The van der Waals surface area contributed by atoms with Gasteiger partial charge in [0.05, 0.1) is 6.67 Å². The number of benzene rings is 1. The van der Waals surface area contributed by atoms with Gasteiger partial charge in [0.25, 0.3) is 5.91 Å². The molecule has 2 heterocycles. The number of likely N-dealkylation sites (tertiary alicyclic amines) is 1. The minimum Gasteiger partial charge on any atom is -0.342 e. The SMILES string of the molecule is CCCCCCCCCC(=O)N1CCC2(CC1)C(=O)N(CC(=O)N(CC)CC)CN2c1ccccc1. The van der Waals surface area contributed by atoms with E-state index in [2.05, 4.69) is 11.8 Å². The Morgan fingerprint density at radius 1 is 0.889 bits per heavy atom. The summed E-state index contributed by atoms with van der Waals surface area (Å²) in [4.78, 5) is 47.1. The molecule has 7 nitrogen and oxygen atoms in total. The van der Waals surface area contributed by atoms with Gasteiger partial charge in [-0.25, -0.2) is 0 Å². The van der Waals surface area contributed by atoms with Crippen molar-refractivity contribution in [3.63, 3.8) is 0 Å². The van der Waals surface area contributed by atoms with Crippen molar-refractivity contribution in [1.82, 2.24) is 14.7 Å². The fraction of sp³-hybridized carbons (Fsp3) is 0.690. The van der Waals surface area contributed by atoms with Gasteiger partial charge in [-0.2, -0.15) is 0 Å². The van der Waals surface area contributed by atoms with Gasteiger partial charge in [0, 0.05) is 38.3 Å². The summed E-state index contributed by atoms with van der Waals surface area (Å²) in [6, 6.07) is 10.0. The maximum absolute atomic E-state index is 13.8. The number of hydrogen-bond donors (Lipinski definition) is 0. The number of para-hydroxylation sites is 1. The third kappa shape index (κ3) is 6.60. The van der Waals surface area contributed by atoms with Crippen LogP contribution in [-0.2, 0) is 14.4 Å². The number of hydrogen-bond acceptors (Lipinski definition) is 4. The normalized spacial score (nSPS) is 17.2. The smallest absolute Gasteiger partial charge is 0.250 e. The van der Waals surface area contributed by atoms with Crippen LogP contribution in [0.4, 0.5) is 5.69 Å². The zero-order valence-electron chi connectivity index (χ0n) is 22.7. The Bertz CT molecular complexity index is 847. The zero-order valence-corrected chi connectivity index (χ0v) is 22.7. The van der Waals surface area contributed by atoms with Crippen molar-refractivity contribution in [3.05, 3.63) is 30.3 Å². The van der Waals surface area contributed by atoms with Gasteiger partial charge in [0.15, 0.2) is 0 Å². The predicted molar refractivity (Wildman–Crippen MR) is 145 cm³/mol. The second-order valence-electron chi connectivity index (χ2n) is 10.3. The molecule has 2 fully saturated rings. The van der Waals surface area contributed by atoms with Crippen molar-refractivity contribution >= 4 is 23.4 Å². The van der Waals surface area contributed by atoms with Crippen molar-refractivity contribution in [3.8, 4) is 0 Å². The van der Waals surface area contributed by atoms with Gasteiger partial charge in [-0.15, -0.1) is 0 Å². The molecule has 2 aliphatic heterocycles. The molecule has 0 unspecified atom stereocenters. The Kier molecular flexibility index (Phi) is 10.6. The number of rotatable bonds is 13. The van der Waals surface area contributed by atoms with E-state index in [0.29, 0.717) is 52.1 Å². The monoisotopic (exact) mass is 498 g/mol. The quantitative estimate of drug-likeness (QED) is 0.371. The first kappa shape index (κ1) is 28.0. The van der Waals surface area contributed by atoms with E-state index >= 15 is 0 Å². The number of unbranched alkanes of at least 4 members (excludes halogenated alkanes) is 6. The number of amides is 3. The van der Waals surface area contributed by atoms with Gasteiger partial charge in [-0.1, -0.05) is 63.6 Å². The maximum Gasteiger partial charge on any atom is 0.250 e. The van der Waals surface area contributed by atoms with Gasteiger partial charge >= 0.3 is 0 Å². The van der Waals surface area contributed by atoms with E-state index in [-0.39, 0.29) is 24.3 Å². The molecule has 0 aromatic heterocycles. The van der Waals surface area contributed by atoms with Crippen molar-refractivity contribution in [1.29, 1.82) is 0 Å². The van der Waals surface area contributed by atoms with E-state index < -0.39 is 5.54 Å². The molecule has 0 N–H and O–H groups in total. The first-order valence-electron chi connectivity index (χ1n) is 14.1. The molecule has 3 rings (SSSR count). The summed E-state index contributed by atoms with van der Waals surface area (Å²) in [5.74, 6) is 0.218. The Labute approximate surface area is 217 Å². The summed E-state index contributed by atoms with van der Waals surface area (Å²) in [5, 5.41) is 0. The van der Waals surface area contributed by atoms with Gasteiger partial charge in [-0.3, -0.25) is 14.4 Å². The molecule has 0 aliphatic carbocycles. The molecule has 7 heteroatoms. The van der Waals surface area contributed by atoms with Crippen LogP contribution in [0.25, 0.3) is 0 Å². The number of piperidine rings is 1. The lowest BCUT2D eigenvalue weighted by Crippen LogP contribution is -2.57. The van der Waals surface area contributed by atoms with Crippen molar-refractivity contribution in [2.24, 2.45) is 0 Å². The molecule has 0 atom stereocenters. The van der Waals surface area contributed by atoms with Gasteiger partial charge in [0.1, 0.15) is 12.1 Å². The van der Waals surface area contributed by atoms with E-state index in [0.717, 1.165) is 18.5 Å². The Balaban J connectivity index is 1.62. The fourth-order valence-corrected chi connectivity index (χ4v) is 5.68. The molecule has 1 aromatic carbocycles. The molecule has 2 saturated heterocycles. The zero-order chi connectivity index (χ0) is 26.0. The summed E-state index contributed by atoms with van der Waals surface area (Å²) in [7, 11) is 0. The molecule has 3 amide bonds. The number of carbonyl (C=O) groups excluding carboxylic acids is 3. The van der Waals surface area contributed by atoms with Crippen LogP contribution in [0.2, 0.25) is 0 Å². The second kappa shape index (κ2) is 13.7. The number of carbonyl (C=O) groups is 3. The number of likely N-dealkylation sites (N-methyl/N-ethyl adjacent to an activating group) is 1. The molecule has 0 saturated carbocycles. The highest BCUT2D eigenvalue weighted by Crippen LogP contribution is 2.39. The molecular formula is C29H46N4O3. The molecule has 2 aliphatic rings. The summed E-state index contributed by atoms with van der Waals surface area (Å²) >= 11 is 0. The molecule has 1 aromatic rings. The van der Waals surface area contributed by atoms with E-state index in [1.54, 1.807) is 9.80 Å². The molecular weight excluding hydrogens is 452 g/mol.